The van der Waals surface area contributed by atoms with Crippen molar-refractivity contribution >= 4 is 33.8 Å². The summed E-state index contributed by atoms with van der Waals surface area (Å²) in [7, 11) is 1.55. The molecule has 0 aliphatic rings. The molecule has 0 bridgehead atoms. The molecule has 0 spiro atoms. The molecule has 2 heterocycles. The Labute approximate surface area is 175 Å². The minimum atomic E-state index is -0.512. The third kappa shape index (κ3) is 4.11. The summed E-state index contributed by atoms with van der Waals surface area (Å²) in [6, 6.07) is 7.95. The molecule has 8 heteroatoms. The summed E-state index contributed by atoms with van der Waals surface area (Å²) in [6.07, 6.45) is 1.58. The minimum Gasteiger partial charge on any atom is -0.506 e. The van der Waals surface area contributed by atoms with Crippen molar-refractivity contribution in [3.63, 3.8) is 0 Å². The first kappa shape index (κ1) is 19.4. The van der Waals surface area contributed by atoms with Crippen LogP contribution in [0.5, 0.6) is 17.2 Å². The number of phenolic OH excluding ortho intramolecular Hbond substituents is 1. The van der Waals surface area contributed by atoms with Crippen LogP contribution in [0.25, 0.3) is 10.9 Å². The van der Waals surface area contributed by atoms with Crippen LogP contribution in [0.2, 0.25) is 5.02 Å². The first-order valence-corrected chi connectivity index (χ1v) is 9.99. The Balaban J connectivity index is 1.70. The van der Waals surface area contributed by atoms with E-state index in [9.17, 15) is 9.50 Å². The second-order valence-electron chi connectivity index (χ2n) is 6.33. The molecule has 0 fully saturated rings. The fourth-order valence-electron chi connectivity index (χ4n) is 2.96. The van der Waals surface area contributed by atoms with E-state index in [1.54, 1.807) is 30.6 Å². The predicted molar refractivity (Wildman–Crippen MR) is 111 cm³/mol. The fraction of sp³-hybridized carbons (Fsp3) is 0.143. The maximum absolute atomic E-state index is 14.3. The van der Waals surface area contributed by atoms with Gasteiger partial charge in [0.15, 0.2) is 11.5 Å². The van der Waals surface area contributed by atoms with Gasteiger partial charge in [0.2, 0.25) is 0 Å². The lowest BCUT2D eigenvalue weighted by Crippen LogP contribution is -2.01. The monoisotopic (exact) mass is 430 g/mol. The van der Waals surface area contributed by atoms with E-state index in [1.807, 2.05) is 16.8 Å². The normalized spacial score (nSPS) is 11.0. The van der Waals surface area contributed by atoms with Crippen LogP contribution in [0, 0.1) is 5.82 Å². The second kappa shape index (κ2) is 8.23. The summed E-state index contributed by atoms with van der Waals surface area (Å²) < 4.78 is 25.7. The zero-order valence-corrected chi connectivity index (χ0v) is 16.9. The van der Waals surface area contributed by atoms with Gasteiger partial charge in [0.1, 0.15) is 24.5 Å². The molecular weight excluding hydrogens is 415 g/mol. The summed E-state index contributed by atoms with van der Waals surface area (Å²) in [4.78, 5) is 8.61. The number of aromatic hydroxyl groups is 1. The van der Waals surface area contributed by atoms with Gasteiger partial charge in [-0.15, -0.1) is 0 Å². The van der Waals surface area contributed by atoms with Gasteiger partial charge in [-0.3, -0.25) is 0 Å². The minimum absolute atomic E-state index is 0.0344. The number of hydrogen-bond acceptors (Lipinski definition) is 6. The van der Waals surface area contributed by atoms with Crippen molar-refractivity contribution in [3.8, 4) is 17.2 Å². The summed E-state index contributed by atoms with van der Waals surface area (Å²) in [5.74, 6) is 0.403. The summed E-state index contributed by atoms with van der Waals surface area (Å²) in [5.41, 5.74) is 2.59. The number of benzene rings is 2. The third-order valence-corrected chi connectivity index (χ3v) is 5.49. The fourth-order valence-corrected chi connectivity index (χ4v) is 3.77. The molecule has 0 aliphatic carbocycles. The maximum Gasteiger partial charge on any atom is 0.163 e. The molecule has 0 amide bonds. The number of thiophene rings is 1. The average molecular weight is 431 g/mol. The van der Waals surface area contributed by atoms with Gasteiger partial charge in [-0.1, -0.05) is 11.6 Å². The highest BCUT2D eigenvalue weighted by Gasteiger charge is 2.15. The Morgan fingerprint density at radius 2 is 2.03 bits per heavy atom. The van der Waals surface area contributed by atoms with Crippen molar-refractivity contribution in [3.05, 3.63) is 75.1 Å². The highest BCUT2D eigenvalue weighted by atomic mass is 35.5. The highest BCUT2D eigenvalue weighted by Crippen LogP contribution is 2.34. The zero-order chi connectivity index (χ0) is 20.4. The Bertz CT molecular complexity index is 1170. The largest absolute Gasteiger partial charge is 0.506 e. The molecule has 0 saturated carbocycles. The number of halogens is 2. The third-order valence-electron chi connectivity index (χ3n) is 4.45. The lowest BCUT2D eigenvalue weighted by atomic mass is 10.0. The molecule has 5 nitrogen and oxygen atoms in total. The van der Waals surface area contributed by atoms with Gasteiger partial charge < -0.3 is 14.6 Å². The first-order chi connectivity index (χ1) is 14.0. The smallest absolute Gasteiger partial charge is 0.163 e. The van der Waals surface area contributed by atoms with E-state index >= 15 is 0 Å². The molecule has 0 aliphatic heterocycles. The maximum atomic E-state index is 14.3. The van der Waals surface area contributed by atoms with Crippen LogP contribution >= 0.6 is 22.9 Å². The number of rotatable bonds is 6. The van der Waals surface area contributed by atoms with Crippen molar-refractivity contribution in [1.29, 1.82) is 0 Å². The number of aromatic nitrogens is 2. The van der Waals surface area contributed by atoms with E-state index in [0.29, 0.717) is 34.7 Å². The van der Waals surface area contributed by atoms with Gasteiger partial charge >= 0.3 is 0 Å². The molecule has 0 atom stereocenters. The van der Waals surface area contributed by atoms with Gasteiger partial charge in [0.25, 0.3) is 0 Å². The van der Waals surface area contributed by atoms with Crippen LogP contribution < -0.4 is 9.47 Å². The van der Waals surface area contributed by atoms with Crippen molar-refractivity contribution in [2.24, 2.45) is 0 Å². The van der Waals surface area contributed by atoms with Gasteiger partial charge in [-0.05, 0) is 46.2 Å². The van der Waals surface area contributed by atoms with Crippen LogP contribution in [-0.2, 0) is 13.0 Å². The Morgan fingerprint density at radius 1 is 1.17 bits per heavy atom. The van der Waals surface area contributed by atoms with Crippen LogP contribution in [0.4, 0.5) is 4.39 Å². The van der Waals surface area contributed by atoms with Crippen LogP contribution in [0.3, 0.4) is 0 Å². The van der Waals surface area contributed by atoms with Crippen LogP contribution in [0.15, 0.2) is 47.4 Å². The van der Waals surface area contributed by atoms with Gasteiger partial charge in [0, 0.05) is 17.9 Å². The van der Waals surface area contributed by atoms with E-state index in [2.05, 4.69) is 9.97 Å². The van der Waals surface area contributed by atoms with Crippen molar-refractivity contribution < 1.29 is 19.0 Å². The summed E-state index contributed by atoms with van der Waals surface area (Å²) in [5, 5.41) is 14.5. The number of fused-ring (bicyclic) bond motifs is 1. The van der Waals surface area contributed by atoms with Gasteiger partial charge in [-0.2, -0.15) is 11.3 Å². The van der Waals surface area contributed by atoms with Crippen LogP contribution in [-0.4, -0.2) is 22.2 Å². The number of ether oxygens (including phenoxy) is 2. The Kier molecular flexibility index (Phi) is 5.51. The summed E-state index contributed by atoms with van der Waals surface area (Å²) >= 11 is 7.37. The van der Waals surface area contributed by atoms with Gasteiger partial charge in [0.05, 0.1) is 23.3 Å². The molecular formula is C21H16ClFN2O3S. The molecule has 0 unspecified atom stereocenters. The van der Waals surface area contributed by atoms with Crippen molar-refractivity contribution in [2.45, 2.75) is 13.0 Å². The number of phenols is 1. The van der Waals surface area contributed by atoms with E-state index in [1.165, 1.54) is 12.4 Å². The molecule has 1 N–H and O–H groups in total. The topological polar surface area (TPSA) is 64.5 Å². The highest BCUT2D eigenvalue weighted by molar-refractivity contribution is 7.07. The average Bonchev–Trinajstić information content (AvgIpc) is 3.23. The lowest BCUT2D eigenvalue weighted by Gasteiger charge is -2.13. The molecule has 4 rings (SSSR count). The number of hydrogen-bond donors (Lipinski definition) is 1. The molecule has 0 radical (unpaired) electrons. The number of nitrogens with zero attached hydrogens (tertiary/aromatic N) is 2. The Morgan fingerprint density at radius 3 is 2.79 bits per heavy atom. The van der Waals surface area contributed by atoms with E-state index in [0.717, 1.165) is 11.6 Å². The SMILES string of the molecule is COc1cc2c(Cc3cc(O)c(Cl)cc3F)ncnc2cc1OCc1ccsc1. The van der Waals surface area contributed by atoms with Crippen molar-refractivity contribution in [1.82, 2.24) is 9.97 Å². The van der Waals surface area contributed by atoms with E-state index in [-0.39, 0.29) is 22.8 Å². The zero-order valence-electron chi connectivity index (χ0n) is 15.4. The van der Waals surface area contributed by atoms with Crippen LogP contribution in [0.1, 0.15) is 16.8 Å². The van der Waals surface area contributed by atoms with E-state index in [4.69, 9.17) is 21.1 Å². The van der Waals surface area contributed by atoms with E-state index < -0.39 is 5.82 Å². The summed E-state index contributed by atoms with van der Waals surface area (Å²) in [6.45, 7) is 0.415. The first-order valence-electron chi connectivity index (χ1n) is 8.67. The lowest BCUT2D eigenvalue weighted by molar-refractivity contribution is 0.285. The van der Waals surface area contributed by atoms with Gasteiger partial charge in [-0.25, -0.2) is 14.4 Å². The van der Waals surface area contributed by atoms with Crippen molar-refractivity contribution in [2.75, 3.05) is 7.11 Å². The quantitative estimate of drug-likeness (QED) is 0.445. The molecule has 29 heavy (non-hydrogen) atoms. The number of methoxy groups -OCH3 is 1. The second-order valence-corrected chi connectivity index (χ2v) is 7.52. The predicted octanol–water partition coefficient (Wildman–Crippen LogP) is 5.37. The molecule has 0 saturated heterocycles. The molecule has 148 valence electrons. The molecule has 2 aromatic heterocycles. The molecule has 4 aromatic rings. The molecule has 2 aromatic carbocycles. The Hall–Kier alpha value is -2.90. The standard InChI is InChI=1S/C21H16ClFN2O3S/c1-27-20-6-14-17(4-13-5-19(26)15(22)7-16(13)23)24-11-25-18(14)8-21(20)28-9-12-2-3-29-10-12/h2-3,5-8,10-11,26H,4,9H2,1H3.